The largest absolute Gasteiger partial charge is 0.497 e. The molecule has 2 aromatic carbocycles. The average molecular weight is 429 g/mol. The van der Waals surface area contributed by atoms with Gasteiger partial charge < -0.3 is 9.47 Å². The van der Waals surface area contributed by atoms with Crippen LogP contribution in [0, 0.1) is 11.6 Å². The molecule has 0 N–H and O–H groups in total. The van der Waals surface area contributed by atoms with Gasteiger partial charge in [-0.25, -0.2) is 22.9 Å². The highest BCUT2D eigenvalue weighted by Crippen LogP contribution is 2.42. The number of carbonyl (C=O) groups is 1. The Morgan fingerprint density at radius 3 is 2.47 bits per heavy atom. The number of hydrogen-bond donors (Lipinski definition) is 0. The van der Waals surface area contributed by atoms with E-state index in [1.165, 1.54) is 41.6 Å². The third-order valence-electron chi connectivity index (χ3n) is 4.58. The maximum absolute atomic E-state index is 14.6. The van der Waals surface area contributed by atoms with Gasteiger partial charge in [-0.2, -0.15) is 0 Å². The molecule has 30 heavy (non-hydrogen) atoms. The number of para-hydroxylation sites is 1. The van der Waals surface area contributed by atoms with Crippen molar-refractivity contribution >= 4 is 29.4 Å². The minimum absolute atomic E-state index is 0.0696. The highest BCUT2D eigenvalue weighted by molar-refractivity contribution is 8.01. The fourth-order valence-corrected chi connectivity index (χ4v) is 4.07. The van der Waals surface area contributed by atoms with Crippen molar-refractivity contribution in [3.63, 3.8) is 0 Å². The van der Waals surface area contributed by atoms with Gasteiger partial charge in [-0.05, 0) is 30.1 Å². The van der Waals surface area contributed by atoms with E-state index in [1.807, 2.05) is 12.1 Å². The lowest BCUT2D eigenvalue weighted by molar-refractivity contribution is 0.254. The number of anilines is 2. The van der Waals surface area contributed by atoms with Crippen LogP contribution in [0.15, 0.2) is 59.6 Å². The fraction of sp³-hybridized carbons (Fsp3) is 0.143. The molecule has 0 radical (unpaired) electrons. The number of nitrogens with zero attached hydrogens (tertiary/aromatic N) is 3. The maximum Gasteiger partial charge on any atom is 0.339 e. The van der Waals surface area contributed by atoms with Crippen molar-refractivity contribution < 1.29 is 23.0 Å². The number of methoxy groups -OCH3 is 2. The Balaban J connectivity index is 1.76. The van der Waals surface area contributed by atoms with E-state index in [0.29, 0.717) is 17.3 Å². The molecule has 0 aliphatic carbocycles. The zero-order valence-electron chi connectivity index (χ0n) is 16.1. The predicted molar refractivity (Wildman–Crippen MR) is 110 cm³/mol. The van der Waals surface area contributed by atoms with Crippen LogP contribution in [-0.2, 0) is 6.54 Å². The van der Waals surface area contributed by atoms with Gasteiger partial charge >= 0.3 is 6.03 Å². The third-order valence-corrected chi connectivity index (χ3v) is 5.67. The SMILES string of the molecule is COc1cc(F)c(CN2C(=O)N(c3ccnc(OC)c3)Sc3ccccc32)c(F)c1. The minimum atomic E-state index is -0.785. The van der Waals surface area contributed by atoms with Crippen molar-refractivity contribution in [2.45, 2.75) is 11.4 Å². The summed E-state index contributed by atoms with van der Waals surface area (Å²) in [6, 6.07) is 12.2. The number of urea groups is 1. The van der Waals surface area contributed by atoms with Crippen molar-refractivity contribution in [3.05, 3.63) is 71.9 Å². The standard InChI is InChI=1S/C21H17F2N3O3S/c1-28-14-10-16(22)15(17(23)11-14)12-25-18-5-3-4-6-19(18)30-26(21(25)27)13-7-8-24-20(9-13)29-2/h3-11H,12H2,1-2H3. The Bertz CT molecular complexity index is 1090. The van der Waals surface area contributed by atoms with Crippen LogP contribution in [-0.4, -0.2) is 25.2 Å². The summed E-state index contributed by atoms with van der Waals surface area (Å²) >= 11 is 1.22. The Morgan fingerprint density at radius 2 is 1.77 bits per heavy atom. The normalized spacial score (nSPS) is 13.3. The van der Waals surface area contributed by atoms with Gasteiger partial charge in [0.15, 0.2) is 0 Å². The van der Waals surface area contributed by atoms with Crippen LogP contribution in [0.4, 0.5) is 25.0 Å². The van der Waals surface area contributed by atoms with E-state index < -0.39 is 17.7 Å². The first kappa shape index (κ1) is 20.0. The first-order chi connectivity index (χ1) is 14.5. The number of rotatable bonds is 5. The van der Waals surface area contributed by atoms with E-state index in [9.17, 15) is 13.6 Å². The van der Waals surface area contributed by atoms with E-state index in [2.05, 4.69) is 4.98 Å². The number of fused-ring (bicyclic) bond motifs is 1. The molecule has 0 saturated carbocycles. The van der Waals surface area contributed by atoms with Crippen molar-refractivity contribution in [2.24, 2.45) is 0 Å². The monoisotopic (exact) mass is 429 g/mol. The Hall–Kier alpha value is -3.33. The highest BCUT2D eigenvalue weighted by Gasteiger charge is 2.33. The summed E-state index contributed by atoms with van der Waals surface area (Å²) in [7, 11) is 2.81. The van der Waals surface area contributed by atoms with E-state index in [1.54, 1.807) is 24.3 Å². The van der Waals surface area contributed by atoms with Crippen LogP contribution in [0.5, 0.6) is 11.6 Å². The van der Waals surface area contributed by atoms with E-state index in [-0.39, 0.29) is 17.9 Å². The van der Waals surface area contributed by atoms with Crippen LogP contribution < -0.4 is 18.7 Å². The lowest BCUT2D eigenvalue weighted by Crippen LogP contribution is -2.43. The molecule has 2 amide bonds. The predicted octanol–water partition coefficient (Wildman–Crippen LogP) is 5.03. The van der Waals surface area contributed by atoms with Gasteiger partial charge in [0, 0.05) is 30.0 Å². The van der Waals surface area contributed by atoms with Gasteiger partial charge in [-0.15, -0.1) is 0 Å². The summed E-state index contributed by atoms with van der Waals surface area (Å²) in [5.74, 6) is -1.15. The van der Waals surface area contributed by atoms with Gasteiger partial charge in [0.1, 0.15) is 17.4 Å². The summed E-state index contributed by atoms with van der Waals surface area (Å²) < 4.78 is 40.6. The third kappa shape index (κ3) is 3.63. The van der Waals surface area contributed by atoms with Gasteiger partial charge in [0.2, 0.25) is 5.88 Å². The smallest absolute Gasteiger partial charge is 0.339 e. The quantitative estimate of drug-likeness (QED) is 0.533. The summed E-state index contributed by atoms with van der Waals surface area (Å²) in [6.45, 7) is -0.281. The average Bonchev–Trinajstić information content (AvgIpc) is 2.77. The summed E-state index contributed by atoms with van der Waals surface area (Å²) in [5, 5.41) is 0. The zero-order chi connectivity index (χ0) is 21.3. The molecule has 0 spiro atoms. The second-order valence-corrected chi connectivity index (χ2v) is 7.34. The molecule has 9 heteroatoms. The zero-order valence-corrected chi connectivity index (χ0v) is 17.0. The molecule has 2 heterocycles. The lowest BCUT2D eigenvalue weighted by Gasteiger charge is -2.36. The van der Waals surface area contributed by atoms with Crippen molar-refractivity contribution in [2.75, 3.05) is 23.4 Å². The molecule has 6 nitrogen and oxygen atoms in total. The number of ether oxygens (including phenoxy) is 2. The first-order valence-electron chi connectivity index (χ1n) is 8.92. The Labute approximate surface area is 176 Å². The molecule has 0 saturated heterocycles. The van der Waals surface area contributed by atoms with Crippen LogP contribution in [0.2, 0.25) is 0 Å². The molecule has 1 aliphatic heterocycles. The van der Waals surface area contributed by atoms with Gasteiger partial charge in [0.05, 0.1) is 37.0 Å². The summed E-state index contributed by atoms with van der Waals surface area (Å²) in [6.07, 6.45) is 1.52. The second kappa shape index (κ2) is 8.19. The van der Waals surface area contributed by atoms with Crippen LogP contribution in [0.1, 0.15) is 5.56 Å². The molecule has 4 rings (SSSR count). The molecule has 0 atom stereocenters. The Morgan fingerprint density at radius 1 is 1.03 bits per heavy atom. The van der Waals surface area contributed by atoms with Gasteiger partial charge in [-0.1, -0.05) is 12.1 Å². The number of pyridine rings is 1. The van der Waals surface area contributed by atoms with Crippen molar-refractivity contribution in [1.29, 1.82) is 0 Å². The van der Waals surface area contributed by atoms with E-state index >= 15 is 0 Å². The van der Waals surface area contributed by atoms with Crippen LogP contribution in [0.3, 0.4) is 0 Å². The number of benzene rings is 2. The van der Waals surface area contributed by atoms with Gasteiger partial charge in [-0.3, -0.25) is 4.90 Å². The van der Waals surface area contributed by atoms with Crippen molar-refractivity contribution in [1.82, 2.24) is 4.98 Å². The molecule has 0 fully saturated rings. The second-order valence-electron chi connectivity index (χ2n) is 6.35. The molecule has 0 bridgehead atoms. The first-order valence-corrected chi connectivity index (χ1v) is 9.69. The molecular weight excluding hydrogens is 412 g/mol. The van der Waals surface area contributed by atoms with Gasteiger partial charge in [0.25, 0.3) is 0 Å². The molecule has 1 aromatic heterocycles. The molecule has 1 aliphatic rings. The number of aromatic nitrogens is 1. The summed E-state index contributed by atoms with van der Waals surface area (Å²) in [4.78, 5) is 19.5. The molecular formula is C21H17F2N3O3S. The number of hydrogen-bond acceptors (Lipinski definition) is 5. The summed E-state index contributed by atoms with van der Waals surface area (Å²) in [5.41, 5.74) is 0.879. The van der Waals surface area contributed by atoms with Crippen LogP contribution in [0.25, 0.3) is 0 Å². The van der Waals surface area contributed by atoms with E-state index in [4.69, 9.17) is 9.47 Å². The molecule has 154 valence electrons. The molecule has 0 unspecified atom stereocenters. The lowest BCUT2D eigenvalue weighted by atomic mass is 10.1. The molecule has 3 aromatic rings. The number of halogens is 2. The number of amides is 2. The van der Waals surface area contributed by atoms with Crippen molar-refractivity contribution in [3.8, 4) is 11.6 Å². The highest BCUT2D eigenvalue weighted by atomic mass is 32.2. The fourth-order valence-electron chi connectivity index (χ4n) is 3.07. The van der Waals surface area contributed by atoms with Crippen LogP contribution >= 0.6 is 11.9 Å². The topological polar surface area (TPSA) is 54.9 Å². The van der Waals surface area contributed by atoms with E-state index in [0.717, 1.165) is 17.0 Å². The minimum Gasteiger partial charge on any atom is -0.497 e. The Kier molecular flexibility index (Phi) is 5.45. The maximum atomic E-state index is 14.6. The number of carbonyl (C=O) groups excluding carboxylic acids is 1.